The third-order valence-electron chi connectivity index (χ3n) is 5.57. The first kappa shape index (κ1) is 18.8. The summed E-state index contributed by atoms with van der Waals surface area (Å²) in [5, 5.41) is 3.29. The summed E-state index contributed by atoms with van der Waals surface area (Å²) in [4.78, 5) is 35.3. The van der Waals surface area contributed by atoms with E-state index in [9.17, 15) is 9.59 Å². The highest BCUT2D eigenvalue weighted by atomic mass is 79.9. The van der Waals surface area contributed by atoms with Crippen molar-refractivity contribution in [2.75, 3.05) is 39.3 Å². The van der Waals surface area contributed by atoms with E-state index in [1.807, 2.05) is 33.4 Å². The highest BCUT2D eigenvalue weighted by Gasteiger charge is 2.38. The molecule has 7 nitrogen and oxygen atoms in total. The molecule has 2 aliphatic rings. The molecule has 0 bridgehead atoms. The molecule has 2 amide bonds. The summed E-state index contributed by atoms with van der Waals surface area (Å²) in [6.45, 7) is 4.42. The number of nitrogens with zero attached hydrogens (tertiary/aromatic N) is 4. The predicted molar refractivity (Wildman–Crippen MR) is 113 cm³/mol. The molecule has 9 heteroatoms. The van der Waals surface area contributed by atoms with Gasteiger partial charge in [-0.3, -0.25) is 14.5 Å². The number of halogens is 1. The molecule has 0 unspecified atom stereocenters. The number of hydrogen-bond donors (Lipinski definition) is 0. The molecule has 2 aliphatic heterocycles. The number of amides is 2. The van der Waals surface area contributed by atoms with E-state index in [0.717, 1.165) is 28.5 Å². The van der Waals surface area contributed by atoms with Gasteiger partial charge in [0.2, 0.25) is 0 Å². The molecule has 150 valence electrons. The molecule has 2 aromatic heterocycles. The summed E-state index contributed by atoms with van der Waals surface area (Å²) in [6.07, 6.45) is 1.66. The van der Waals surface area contributed by atoms with Gasteiger partial charge in [-0.05, 0) is 24.3 Å². The van der Waals surface area contributed by atoms with Gasteiger partial charge in [0.25, 0.3) is 11.8 Å². The molecule has 3 aromatic rings. The fourth-order valence-corrected chi connectivity index (χ4v) is 4.86. The van der Waals surface area contributed by atoms with E-state index in [1.54, 1.807) is 12.3 Å². The van der Waals surface area contributed by atoms with Gasteiger partial charge in [0, 0.05) is 66.7 Å². The minimum Gasteiger partial charge on any atom is -0.451 e. The number of benzene rings is 1. The molecule has 2 saturated heterocycles. The second-order valence-corrected chi connectivity index (χ2v) is 9.13. The van der Waals surface area contributed by atoms with Crippen LogP contribution < -0.4 is 0 Å². The molecule has 0 atom stereocenters. The smallest absolute Gasteiger partial charge is 0.289 e. The average molecular weight is 475 g/mol. The van der Waals surface area contributed by atoms with Crippen LogP contribution in [0, 0.1) is 0 Å². The van der Waals surface area contributed by atoms with E-state index in [1.165, 1.54) is 11.3 Å². The number of piperazine rings is 1. The van der Waals surface area contributed by atoms with Crippen LogP contribution in [-0.4, -0.2) is 76.8 Å². The van der Waals surface area contributed by atoms with Crippen LogP contribution in [0.5, 0.6) is 0 Å². The van der Waals surface area contributed by atoms with Gasteiger partial charge in [0.15, 0.2) is 10.8 Å². The minimum absolute atomic E-state index is 0.0154. The highest BCUT2D eigenvalue weighted by molar-refractivity contribution is 9.10. The first-order chi connectivity index (χ1) is 14.1. The number of hydrogen-bond acceptors (Lipinski definition) is 6. The average Bonchev–Trinajstić information content (AvgIpc) is 3.36. The summed E-state index contributed by atoms with van der Waals surface area (Å²) in [5.41, 5.74) is 0.717. The third kappa shape index (κ3) is 3.58. The molecule has 2 fully saturated rings. The maximum Gasteiger partial charge on any atom is 0.289 e. The van der Waals surface area contributed by atoms with E-state index in [0.29, 0.717) is 43.0 Å². The van der Waals surface area contributed by atoms with Crippen molar-refractivity contribution in [3.05, 3.63) is 51.1 Å². The number of likely N-dealkylation sites (tertiary alicyclic amines) is 1. The number of fused-ring (bicyclic) bond motifs is 1. The van der Waals surface area contributed by atoms with Crippen molar-refractivity contribution in [2.24, 2.45) is 0 Å². The van der Waals surface area contributed by atoms with Crippen LogP contribution in [0.1, 0.15) is 20.4 Å². The zero-order valence-electron chi connectivity index (χ0n) is 15.6. The van der Waals surface area contributed by atoms with Crippen molar-refractivity contribution in [3.8, 4) is 0 Å². The summed E-state index contributed by atoms with van der Waals surface area (Å²) in [5.74, 6) is 0.336. The lowest BCUT2D eigenvalue weighted by atomic mass is 10.1. The van der Waals surface area contributed by atoms with Crippen LogP contribution in [0.3, 0.4) is 0 Å². The maximum absolute atomic E-state index is 12.7. The number of carbonyl (C=O) groups is 2. The molecule has 0 radical (unpaired) electrons. The van der Waals surface area contributed by atoms with Crippen LogP contribution in [0.25, 0.3) is 11.0 Å². The van der Waals surface area contributed by atoms with Crippen LogP contribution in [0.4, 0.5) is 0 Å². The number of carbonyl (C=O) groups excluding carboxylic acids is 2. The maximum atomic E-state index is 12.7. The lowest BCUT2D eigenvalue weighted by molar-refractivity contribution is 0.00708. The quantitative estimate of drug-likeness (QED) is 0.583. The largest absolute Gasteiger partial charge is 0.451 e. The Morgan fingerprint density at radius 1 is 1.07 bits per heavy atom. The Kier molecular flexibility index (Phi) is 4.89. The van der Waals surface area contributed by atoms with E-state index >= 15 is 0 Å². The lowest BCUT2D eigenvalue weighted by Crippen LogP contribution is -2.64. The normalized spacial score (nSPS) is 18.2. The Morgan fingerprint density at radius 2 is 1.86 bits per heavy atom. The number of furan rings is 1. The zero-order valence-corrected chi connectivity index (χ0v) is 18.0. The Hall–Kier alpha value is -2.23. The third-order valence-corrected chi connectivity index (χ3v) is 6.83. The standard InChI is InChI=1S/C20H19BrN4O3S/c21-14-1-2-16-13(9-14)10-17(28-16)19(26)25-11-15(12-25)23-4-6-24(7-5-23)20(27)18-22-3-8-29-18/h1-3,8-10,15H,4-7,11-12H2. The van der Waals surface area contributed by atoms with Crippen molar-refractivity contribution < 1.29 is 14.0 Å². The fraction of sp³-hybridized carbons (Fsp3) is 0.350. The van der Waals surface area contributed by atoms with Crippen molar-refractivity contribution >= 4 is 50.1 Å². The van der Waals surface area contributed by atoms with E-state index in [2.05, 4.69) is 25.8 Å². The van der Waals surface area contributed by atoms with Gasteiger partial charge in [-0.25, -0.2) is 4.98 Å². The second-order valence-electron chi connectivity index (χ2n) is 7.32. The van der Waals surface area contributed by atoms with Crippen molar-refractivity contribution in [3.63, 3.8) is 0 Å². The highest BCUT2D eigenvalue weighted by Crippen LogP contribution is 2.26. The zero-order chi connectivity index (χ0) is 20.0. The first-order valence-corrected chi connectivity index (χ1v) is 11.2. The van der Waals surface area contributed by atoms with E-state index < -0.39 is 0 Å². The molecular formula is C20H19BrN4O3S. The monoisotopic (exact) mass is 474 g/mol. The fourth-order valence-electron chi connectivity index (χ4n) is 3.88. The van der Waals surface area contributed by atoms with Gasteiger partial charge in [-0.1, -0.05) is 15.9 Å². The number of aromatic nitrogens is 1. The predicted octanol–water partition coefficient (Wildman–Crippen LogP) is 2.93. The molecule has 29 heavy (non-hydrogen) atoms. The van der Waals surface area contributed by atoms with Gasteiger partial charge < -0.3 is 14.2 Å². The summed E-state index contributed by atoms with van der Waals surface area (Å²) >= 11 is 4.82. The topological polar surface area (TPSA) is 69.9 Å². The minimum atomic E-state index is -0.0637. The van der Waals surface area contributed by atoms with E-state index in [-0.39, 0.29) is 11.8 Å². The second kappa shape index (κ2) is 7.55. The van der Waals surface area contributed by atoms with E-state index in [4.69, 9.17) is 4.42 Å². The summed E-state index contributed by atoms with van der Waals surface area (Å²) in [6, 6.07) is 7.86. The van der Waals surface area contributed by atoms with Gasteiger partial charge in [0.1, 0.15) is 5.58 Å². The van der Waals surface area contributed by atoms with Crippen molar-refractivity contribution in [1.82, 2.24) is 19.7 Å². The summed E-state index contributed by atoms with van der Waals surface area (Å²) in [7, 11) is 0. The SMILES string of the molecule is O=C(c1cc2cc(Br)ccc2o1)N1CC(N2CCN(C(=O)c3nccs3)CC2)C1. The first-order valence-electron chi connectivity index (χ1n) is 9.50. The Bertz CT molecular complexity index is 1050. The molecule has 1 aromatic carbocycles. The Labute approximate surface area is 180 Å². The van der Waals surface area contributed by atoms with Crippen LogP contribution in [0.2, 0.25) is 0 Å². The number of rotatable bonds is 3. The molecule has 0 saturated carbocycles. The summed E-state index contributed by atoms with van der Waals surface area (Å²) < 4.78 is 6.68. The molecule has 5 rings (SSSR count). The van der Waals surface area contributed by atoms with Crippen LogP contribution >= 0.6 is 27.3 Å². The molecule has 0 aliphatic carbocycles. The van der Waals surface area contributed by atoms with Gasteiger partial charge in [0.05, 0.1) is 0 Å². The molecule has 0 spiro atoms. The Balaban J connectivity index is 1.15. The molecular weight excluding hydrogens is 456 g/mol. The van der Waals surface area contributed by atoms with Gasteiger partial charge in [-0.15, -0.1) is 11.3 Å². The number of thiazole rings is 1. The lowest BCUT2D eigenvalue weighted by Gasteiger charge is -2.47. The van der Waals surface area contributed by atoms with Crippen molar-refractivity contribution in [2.45, 2.75) is 6.04 Å². The van der Waals surface area contributed by atoms with Gasteiger partial charge >= 0.3 is 0 Å². The Morgan fingerprint density at radius 3 is 2.59 bits per heavy atom. The molecule has 0 N–H and O–H groups in total. The van der Waals surface area contributed by atoms with Crippen LogP contribution in [0.15, 0.2) is 44.7 Å². The van der Waals surface area contributed by atoms with Crippen LogP contribution in [-0.2, 0) is 0 Å². The van der Waals surface area contributed by atoms with Crippen molar-refractivity contribution in [1.29, 1.82) is 0 Å². The molecule has 4 heterocycles. The van der Waals surface area contributed by atoms with Gasteiger partial charge in [-0.2, -0.15) is 0 Å².